The second-order valence-electron chi connectivity index (χ2n) is 5.01. The van der Waals surface area contributed by atoms with Crippen LogP contribution in [0, 0.1) is 0 Å². The van der Waals surface area contributed by atoms with Gasteiger partial charge in [0.2, 0.25) is 0 Å². The molecule has 1 aliphatic rings. The molecule has 23 heavy (non-hydrogen) atoms. The lowest BCUT2D eigenvalue weighted by atomic mass is 10.2. The highest BCUT2D eigenvalue weighted by Gasteiger charge is 2.33. The highest BCUT2D eigenvalue weighted by molar-refractivity contribution is 6.11. The van der Waals surface area contributed by atoms with Crippen molar-refractivity contribution in [3.05, 3.63) is 54.1 Å². The van der Waals surface area contributed by atoms with E-state index in [4.69, 9.17) is 9.47 Å². The molecule has 1 aliphatic heterocycles. The Balaban J connectivity index is 1.68. The average Bonchev–Trinajstić information content (AvgIpc) is 2.59. The Kier molecular flexibility index (Phi) is 4.14. The molecule has 2 aromatic carbocycles. The number of para-hydroxylation sites is 3. The lowest BCUT2D eigenvalue weighted by molar-refractivity contribution is -0.137. The number of fused-ring (bicyclic) bond motifs is 1. The number of hydrogen-bond acceptors (Lipinski definition) is 4. The molecule has 6 nitrogen and oxygen atoms in total. The molecule has 0 fully saturated rings. The normalized spacial score (nSPS) is 15.9. The smallest absolute Gasteiger partial charge is 0.275 e. The van der Waals surface area contributed by atoms with Crippen LogP contribution < -0.4 is 20.1 Å². The lowest BCUT2D eigenvalue weighted by Crippen LogP contribution is -2.48. The second-order valence-corrected chi connectivity index (χ2v) is 5.01. The molecule has 0 saturated carbocycles. The number of ether oxygens (including phenoxy) is 2. The van der Waals surface area contributed by atoms with Gasteiger partial charge in [-0.05, 0) is 18.2 Å². The Hall–Kier alpha value is -3.02. The third kappa shape index (κ3) is 3.11. The number of anilines is 1. The summed E-state index contributed by atoms with van der Waals surface area (Å²) < 4.78 is 10.7. The number of benzene rings is 2. The van der Waals surface area contributed by atoms with Crippen LogP contribution in [0.5, 0.6) is 11.5 Å². The standard InChI is InChI=1S/C17H16N2O4/c1-22-13-8-4-2-6-11(13)10-18-16(20)15-17(21)19-12-7-3-5-9-14(12)23-15/h2-9,15H,10H2,1H3,(H,18,20)(H,19,21). The van der Waals surface area contributed by atoms with E-state index >= 15 is 0 Å². The summed E-state index contributed by atoms with van der Waals surface area (Å²) in [5.41, 5.74) is 1.38. The summed E-state index contributed by atoms with van der Waals surface area (Å²) >= 11 is 0. The third-order valence-corrected chi connectivity index (χ3v) is 3.51. The minimum atomic E-state index is -1.21. The summed E-state index contributed by atoms with van der Waals surface area (Å²) in [6.07, 6.45) is -1.21. The molecule has 1 heterocycles. The van der Waals surface area contributed by atoms with Crippen LogP contribution in [-0.2, 0) is 16.1 Å². The summed E-state index contributed by atoms with van der Waals surface area (Å²) in [7, 11) is 1.56. The van der Waals surface area contributed by atoms with Crippen LogP contribution in [0.4, 0.5) is 5.69 Å². The van der Waals surface area contributed by atoms with Gasteiger partial charge in [-0.3, -0.25) is 9.59 Å². The van der Waals surface area contributed by atoms with E-state index in [1.54, 1.807) is 31.4 Å². The second kappa shape index (κ2) is 6.39. The molecule has 6 heteroatoms. The van der Waals surface area contributed by atoms with Gasteiger partial charge in [-0.1, -0.05) is 30.3 Å². The van der Waals surface area contributed by atoms with Crippen LogP contribution in [0.2, 0.25) is 0 Å². The van der Waals surface area contributed by atoms with Crippen molar-refractivity contribution in [1.82, 2.24) is 5.32 Å². The van der Waals surface area contributed by atoms with E-state index in [0.717, 1.165) is 5.56 Å². The van der Waals surface area contributed by atoms with Gasteiger partial charge >= 0.3 is 0 Å². The number of carbonyl (C=O) groups excluding carboxylic acids is 2. The Morgan fingerprint density at radius 2 is 1.96 bits per heavy atom. The van der Waals surface area contributed by atoms with Crippen molar-refractivity contribution in [2.45, 2.75) is 12.6 Å². The molecule has 0 bridgehead atoms. The predicted molar refractivity (Wildman–Crippen MR) is 84.3 cm³/mol. The van der Waals surface area contributed by atoms with Crippen LogP contribution in [-0.4, -0.2) is 25.0 Å². The van der Waals surface area contributed by atoms with E-state index < -0.39 is 17.9 Å². The number of carbonyl (C=O) groups is 2. The van der Waals surface area contributed by atoms with Crippen molar-refractivity contribution < 1.29 is 19.1 Å². The van der Waals surface area contributed by atoms with Gasteiger partial charge in [0.05, 0.1) is 12.8 Å². The van der Waals surface area contributed by atoms with E-state index in [2.05, 4.69) is 10.6 Å². The fraction of sp³-hybridized carbons (Fsp3) is 0.176. The number of nitrogens with one attached hydrogen (secondary N) is 2. The summed E-state index contributed by atoms with van der Waals surface area (Å²) in [5.74, 6) is 0.167. The number of rotatable bonds is 4. The topological polar surface area (TPSA) is 76.7 Å². The summed E-state index contributed by atoms with van der Waals surface area (Å²) in [6, 6.07) is 14.3. The zero-order chi connectivity index (χ0) is 16.2. The first-order valence-corrected chi connectivity index (χ1v) is 7.15. The maximum Gasteiger partial charge on any atom is 0.275 e. The first-order valence-electron chi connectivity index (χ1n) is 7.15. The quantitative estimate of drug-likeness (QED) is 0.843. The fourth-order valence-corrected chi connectivity index (χ4v) is 2.35. The van der Waals surface area contributed by atoms with E-state index in [0.29, 0.717) is 17.2 Å². The molecular formula is C17H16N2O4. The first kappa shape index (κ1) is 14.9. The number of hydrogen-bond donors (Lipinski definition) is 2. The van der Waals surface area contributed by atoms with Gasteiger partial charge in [0.1, 0.15) is 11.5 Å². The van der Waals surface area contributed by atoms with Gasteiger partial charge in [0.25, 0.3) is 17.9 Å². The van der Waals surface area contributed by atoms with Crippen molar-refractivity contribution in [2.75, 3.05) is 12.4 Å². The molecule has 0 aromatic heterocycles. The fourth-order valence-electron chi connectivity index (χ4n) is 2.35. The highest BCUT2D eigenvalue weighted by Crippen LogP contribution is 2.28. The van der Waals surface area contributed by atoms with Crippen LogP contribution in [0.15, 0.2) is 48.5 Å². The molecule has 0 aliphatic carbocycles. The minimum absolute atomic E-state index is 0.248. The van der Waals surface area contributed by atoms with Gasteiger partial charge in [-0.2, -0.15) is 0 Å². The Morgan fingerprint density at radius 3 is 2.78 bits per heavy atom. The van der Waals surface area contributed by atoms with Crippen molar-refractivity contribution in [3.63, 3.8) is 0 Å². The SMILES string of the molecule is COc1ccccc1CNC(=O)C1Oc2ccccc2NC1=O. The molecular weight excluding hydrogens is 296 g/mol. The highest BCUT2D eigenvalue weighted by atomic mass is 16.5. The van der Waals surface area contributed by atoms with Crippen molar-refractivity contribution in [2.24, 2.45) is 0 Å². The Labute approximate surface area is 133 Å². The van der Waals surface area contributed by atoms with Crippen molar-refractivity contribution >= 4 is 17.5 Å². The molecule has 118 valence electrons. The molecule has 2 aromatic rings. The largest absolute Gasteiger partial charge is 0.496 e. The first-order chi connectivity index (χ1) is 11.2. The van der Waals surface area contributed by atoms with Gasteiger partial charge in [0, 0.05) is 12.1 Å². The van der Waals surface area contributed by atoms with Gasteiger partial charge in [-0.15, -0.1) is 0 Å². The number of methoxy groups -OCH3 is 1. The van der Waals surface area contributed by atoms with E-state index in [1.807, 2.05) is 24.3 Å². The van der Waals surface area contributed by atoms with Crippen LogP contribution >= 0.6 is 0 Å². The summed E-state index contributed by atoms with van der Waals surface area (Å²) in [5, 5.41) is 5.36. The van der Waals surface area contributed by atoms with E-state index in [-0.39, 0.29) is 6.54 Å². The third-order valence-electron chi connectivity index (χ3n) is 3.51. The summed E-state index contributed by atoms with van der Waals surface area (Å²) in [6.45, 7) is 0.248. The maximum atomic E-state index is 12.3. The van der Waals surface area contributed by atoms with Crippen LogP contribution in [0.1, 0.15) is 5.56 Å². The average molecular weight is 312 g/mol. The van der Waals surface area contributed by atoms with Gasteiger partial charge in [-0.25, -0.2) is 0 Å². The number of amides is 2. The molecule has 1 unspecified atom stereocenters. The molecule has 0 radical (unpaired) electrons. The zero-order valence-electron chi connectivity index (χ0n) is 12.5. The van der Waals surface area contributed by atoms with Crippen LogP contribution in [0.3, 0.4) is 0 Å². The van der Waals surface area contributed by atoms with Gasteiger partial charge in [0.15, 0.2) is 0 Å². The lowest BCUT2D eigenvalue weighted by Gasteiger charge is -2.25. The minimum Gasteiger partial charge on any atom is -0.496 e. The van der Waals surface area contributed by atoms with Gasteiger partial charge < -0.3 is 20.1 Å². The molecule has 1 atom stereocenters. The Bertz CT molecular complexity index is 745. The maximum absolute atomic E-state index is 12.3. The Morgan fingerprint density at radius 1 is 1.22 bits per heavy atom. The molecule has 2 N–H and O–H groups in total. The monoisotopic (exact) mass is 312 g/mol. The zero-order valence-corrected chi connectivity index (χ0v) is 12.5. The molecule has 0 spiro atoms. The predicted octanol–water partition coefficient (Wildman–Crippen LogP) is 1.71. The molecule has 0 saturated heterocycles. The molecule has 2 amide bonds. The van der Waals surface area contributed by atoms with E-state index in [1.165, 1.54) is 0 Å². The van der Waals surface area contributed by atoms with Crippen LogP contribution in [0.25, 0.3) is 0 Å². The summed E-state index contributed by atoms with van der Waals surface area (Å²) in [4.78, 5) is 24.3. The van der Waals surface area contributed by atoms with E-state index in [9.17, 15) is 9.59 Å². The van der Waals surface area contributed by atoms with Crippen molar-refractivity contribution in [1.29, 1.82) is 0 Å². The van der Waals surface area contributed by atoms with Crippen molar-refractivity contribution in [3.8, 4) is 11.5 Å². The molecule has 3 rings (SSSR count).